The van der Waals surface area contributed by atoms with Gasteiger partial charge in [-0.25, -0.2) is 4.98 Å². The molecule has 21 heavy (non-hydrogen) atoms. The fourth-order valence-electron chi connectivity index (χ4n) is 2.77. The minimum Gasteiger partial charge on any atom is -0.369 e. The normalized spacial score (nSPS) is 21.9. The Labute approximate surface area is 131 Å². The fraction of sp³-hybridized carbons (Fsp3) is 0.625. The predicted octanol–water partition coefficient (Wildman–Crippen LogP) is 3.87. The number of carbonyl (C=O) groups excluding carboxylic acids is 1. The Morgan fingerprint density at radius 2 is 2.29 bits per heavy atom. The number of pyridine rings is 1. The van der Waals surface area contributed by atoms with Crippen molar-refractivity contribution in [1.29, 1.82) is 0 Å². The van der Waals surface area contributed by atoms with Crippen LogP contribution in [0.4, 0.5) is 5.82 Å². The van der Waals surface area contributed by atoms with E-state index in [0.29, 0.717) is 22.3 Å². The number of nitrogens with zero attached hydrogens (tertiary/aromatic N) is 1. The quantitative estimate of drug-likeness (QED) is 0.868. The molecule has 4 nitrogen and oxygen atoms in total. The highest BCUT2D eigenvalue weighted by molar-refractivity contribution is 6.33. The maximum atomic E-state index is 12.3. The predicted molar refractivity (Wildman–Crippen MR) is 86.9 cm³/mol. The maximum Gasteiger partial charge on any atom is 0.253 e. The third-order valence-electron chi connectivity index (χ3n) is 3.92. The number of rotatable bonds is 5. The summed E-state index contributed by atoms with van der Waals surface area (Å²) >= 11 is 6.17. The van der Waals surface area contributed by atoms with Crippen LogP contribution in [0.15, 0.2) is 12.3 Å². The van der Waals surface area contributed by atoms with Crippen LogP contribution < -0.4 is 10.6 Å². The maximum absolute atomic E-state index is 12.3. The van der Waals surface area contributed by atoms with E-state index in [4.69, 9.17) is 11.6 Å². The van der Waals surface area contributed by atoms with Crippen molar-refractivity contribution >= 4 is 23.3 Å². The molecule has 1 aliphatic carbocycles. The van der Waals surface area contributed by atoms with Crippen LogP contribution in [0.2, 0.25) is 5.02 Å². The van der Waals surface area contributed by atoms with Crippen molar-refractivity contribution in [3.05, 3.63) is 22.8 Å². The van der Waals surface area contributed by atoms with Gasteiger partial charge in [0.05, 0.1) is 10.6 Å². The molecule has 2 atom stereocenters. The second-order valence-corrected chi connectivity index (χ2v) is 6.33. The first-order chi connectivity index (χ1) is 10.1. The zero-order valence-corrected chi connectivity index (χ0v) is 13.5. The lowest BCUT2D eigenvalue weighted by atomic mass is 9.87. The van der Waals surface area contributed by atoms with E-state index in [-0.39, 0.29) is 11.9 Å². The molecular weight excluding hydrogens is 286 g/mol. The third-order valence-corrected chi connectivity index (χ3v) is 4.21. The van der Waals surface area contributed by atoms with Crippen LogP contribution in [-0.2, 0) is 0 Å². The second-order valence-electron chi connectivity index (χ2n) is 5.92. The SMILES string of the molecule is CCCNc1ncc(C(=O)NC2CCCC(C)C2)cc1Cl. The van der Waals surface area contributed by atoms with Crippen molar-refractivity contribution in [1.82, 2.24) is 10.3 Å². The molecule has 1 heterocycles. The summed E-state index contributed by atoms with van der Waals surface area (Å²) in [5.74, 6) is 1.25. The number of aromatic nitrogens is 1. The monoisotopic (exact) mass is 309 g/mol. The molecule has 116 valence electrons. The van der Waals surface area contributed by atoms with Gasteiger partial charge in [0.15, 0.2) is 0 Å². The van der Waals surface area contributed by atoms with Crippen LogP contribution in [0.1, 0.15) is 56.3 Å². The largest absolute Gasteiger partial charge is 0.369 e. The summed E-state index contributed by atoms with van der Waals surface area (Å²) in [5.41, 5.74) is 0.528. The smallest absolute Gasteiger partial charge is 0.253 e. The first-order valence-corrected chi connectivity index (χ1v) is 8.18. The van der Waals surface area contributed by atoms with Crippen LogP contribution in [0.5, 0.6) is 0 Å². The molecule has 1 aromatic rings. The summed E-state index contributed by atoms with van der Waals surface area (Å²) < 4.78 is 0. The molecule has 5 heteroatoms. The van der Waals surface area contributed by atoms with Gasteiger partial charge in [-0.2, -0.15) is 0 Å². The van der Waals surface area contributed by atoms with Gasteiger partial charge in [0.2, 0.25) is 0 Å². The van der Waals surface area contributed by atoms with Gasteiger partial charge in [-0.1, -0.05) is 38.3 Å². The third kappa shape index (κ3) is 4.60. The molecule has 1 amide bonds. The fourth-order valence-corrected chi connectivity index (χ4v) is 3.00. The topological polar surface area (TPSA) is 54.0 Å². The van der Waals surface area contributed by atoms with Crippen LogP contribution in [-0.4, -0.2) is 23.5 Å². The molecule has 0 saturated heterocycles. The summed E-state index contributed by atoms with van der Waals surface area (Å²) in [6.45, 7) is 5.14. The van der Waals surface area contributed by atoms with Crippen molar-refractivity contribution < 1.29 is 4.79 Å². The van der Waals surface area contributed by atoms with E-state index in [1.165, 1.54) is 12.8 Å². The molecule has 0 spiro atoms. The lowest BCUT2D eigenvalue weighted by Crippen LogP contribution is -2.38. The highest BCUT2D eigenvalue weighted by Gasteiger charge is 2.21. The first-order valence-electron chi connectivity index (χ1n) is 7.80. The molecule has 2 N–H and O–H groups in total. The van der Waals surface area contributed by atoms with E-state index in [2.05, 4.69) is 29.5 Å². The number of halogens is 1. The van der Waals surface area contributed by atoms with Gasteiger partial charge in [-0.05, 0) is 31.2 Å². The minimum absolute atomic E-state index is 0.0782. The molecule has 0 aromatic carbocycles. The molecular formula is C16H24ClN3O. The molecule has 2 rings (SSSR count). The lowest BCUT2D eigenvalue weighted by molar-refractivity contribution is 0.0921. The molecule has 1 aliphatic rings. The van der Waals surface area contributed by atoms with Crippen molar-refractivity contribution in [3.8, 4) is 0 Å². The van der Waals surface area contributed by atoms with E-state index in [1.807, 2.05) is 0 Å². The van der Waals surface area contributed by atoms with Crippen LogP contribution in [0.25, 0.3) is 0 Å². The van der Waals surface area contributed by atoms with Crippen molar-refractivity contribution in [3.63, 3.8) is 0 Å². The van der Waals surface area contributed by atoms with Crippen LogP contribution in [0, 0.1) is 5.92 Å². The van der Waals surface area contributed by atoms with E-state index in [1.54, 1.807) is 12.3 Å². The second kappa shape index (κ2) is 7.64. The molecule has 0 radical (unpaired) electrons. The van der Waals surface area contributed by atoms with E-state index < -0.39 is 0 Å². The Balaban J connectivity index is 1.97. The van der Waals surface area contributed by atoms with Crippen molar-refractivity contribution in [2.75, 3.05) is 11.9 Å². The van der Waals surface area contributed by atoms with Gasteiger partial charge in [-0.15, -0.1) is 0 Å². The zero-order chi connectivity index (χ0) is 15.2. The average Bonchev–Trinajstić information content (AvgIpc) is 2.46. The summed E-state index contributed by atoms with van der Waals surface area (Å²) in [4.78, 5) is 16.5. The Bertz CT molecular complexity index is 492. The summed E-state index contributed by atoms with van der Waals surface area (Å²) in [6.07, 6.45) is 7.16. The summed E-state index contributed by atoms with van der Waals surface area (Å²) in [6, 6.07) is 1.96. The van der Waals surface area contributed by atoms with E-state index in [0.717, 1.165) is 25.8 Å². The van der Waals surface area contributed by atoms with Gasteiger partial charge >= 0.3 is 0 Å². The van der Waals surface area contributed by atoms with E-state index in [9.17, 15) is 4.79 Å². The number of hydrogen-bond acceptors (Lipinski definition) is 3. The molecule has 1 fully saturated rings. The van der Waals surface area contributed by atoms with Gasteiger partial charge in [0.25, 0.3) is 5.91 Å². The van der Waals surface area contributed by atoms with Crippen LogP contribution in [0.3, 0.4) is 0 Å². The molecule has 1 aromatic heterocycles. The van der Waals surface area contributed by atoms with Crippen LogP contribution >= 0.6 is 11.6 Å². The number of anilines is 1. The Morgan fingerprint density at radius 1 is 1.48 bits per heavy atom. The number of amides is 1. The minimum atomic E-state index is -0.0782. The Hall–Kier alpha value is -1.29. The standard InChI is InChI=1S/C16H24ClN3O/c1-3-7-18-15-14(17)9-12(10-19-15)16(21)20-13-6-4-5-11(2)8-13/h9-11,13H,3-8H2,1-2H3,(H,18,19)(H,20,21). The molecule has 2 unspecified atom stereocenters. The Morgan fingerprint density at radius 3 is 2.95 bits per heavy atom. The summed E-state index contributed by atoms with van der Waals surface area (Å²) in [5, 5.41) is 6.73. The molecule has 0 bridgehead atoms. The highest BCUT2D eigenvalue weighted by Crippen LogP contribution is 2.24. The van der Waals surface area contributed by atoms with E-state index >= 15 is 0 Å². The number of nitrogens with one attached hydrogen (secondary N) is 2. The highest BCUT2D eigenvalue weighted by atomic mass is 35.5. The van der Waals surface area contributed by atoms with Crippen molar-refractivity contribution in [2.45, 2.75) is 52.0 Å². The number of carbonyl (C=O) groups is 1. The first kappa shape index (κ1) is 16.1. The Kier molecular flexibility index (Phi) is 5.85. The zero-order valence-electron chi connectivity index (χ0n) is 12.8. The van der Waals surface area contributed by atoms with Gasteiger partial charge in [-0.3, -0.25) is 4.79 Å². The van der Waals surface area contributed by atoms with Gasteiger partial charge in [0, 0.05) is 18.8 Å². The molecule has 0 aliphatic heterocycles. The lowest BCUT2D eigenvalue weighted by Gasteiger charge is -2.27. The average molecular weight is 310 g/mol. The number of hydrogen-bond donors (Lipinski definition) is 2. The van der Waals surface area contributed by atoms with Gasteiger partial charge in [0.1, 0.15) is 5.82 Å². The van der Waals surface area contributed by atoms with Crippen molar-refractivity contribution in [2.24, 2.45) is 5.92 Å². The van der Waals surface area contributed by atoms with Gasteiger partial charge < -0.3 is 10.6 Å². The molecule has 1 saturated carbocycles. The summed E-state index contributed by atoms with van der Waals surface area (Å²) in [7, 11) is 0.